The highest BCUT2D eigenvalue weighted by Gasteiger charge is 2.24. The lowest BCUT2D eigenvalue weighted by atomic mass is 10.00. The van der Waals surface area contributed by atoms with Crippen molar-refractivity contribution in [3.8, 4) is 17.1 Å². The van der Waals surface area contributed by atoms with E-state index in [1.807, 2.05) is 34.9 Å². The zero-order valence-corrected chi connectivity index (χ0v) is 29.6. The van der Waals surface area contributed by atoms with Gasteiger partial charge in [0, 0.05) is 44.0 Å². The Bertz CT molecular complexity index is 3620. The second-order valence-electron chi connectivity index (χ2n) is 14.5. The second kappa shape index (κ2) is 11.3. The van der Waals surface area contributed by atoms with Crippen molar-refractivity contribution < 1.29 is 0 Å². The smallest absolute Gasteiger partial charge is 0.265 e. The Kier molecular flexibility index (Phi) is 6.17. The highest BCUT2D eigenvalue weighted by atomic mass is 16.1. The number of hydrogen-bond donors (Lipinski definition) is 0. The summed E-state index contributed by atoms with van der Waals surface area (Å²) in [5.74, 6) is 0. The maximum atomic E-state index is 15.9. The normalized spacial score (nSPS) is 12.1. The zero-order valence-electron chi connectivity index (χ0n) is 29.6. The lowest BCUT2D eigenvalue weighted by Crippen LogP contribution is -2.20. The predicted octanol–water partition coefficient (Wildman–Crippen LogP) is 12.6. The molecular weight excluding hydrogens is 671 g/mol. The van der Waals surface area contributed by atoms with Gasteiger partial charge in [-0.2, -0.15) is 0 Å². The standard InChI is InChI=1S/C51H31N3O/c55-51-47-41(26-27-42-39-18-8-10-20-45(39)52(48(42)47)37-24-22-32-12-4-6-14-34(32)30-37)44-29-28-43-40-19-9-11-21-46(40)53(38-25-23-33-13-5-7-15-35(33)31-38)49(43)50(44)54(51)36-16-2-1-3-17-36/h1-31H. The zero-order chi connectivity index (χ0) is 36.2. The van der Waals surface area contributed by atoms with Crippen LogP contribution in [0.5, 0.6) is 0 Å². The van der Waals surface area contributed by atoms with Crippen LogP contribution in [0.1, 0.15) is 0 Å². The van der Waals surface area contributed by atoms with Crippen LogP contribution in [0.25, 0.3) is 104 Å². The van der Waals surface area contributed by atoms with E-state index in [0.29, 0.717) is 5.39 Å². The van der Waals surface area contributed by atoms with E-state index in [-0.39, 0.29) is 5.56 Å². The van der Waals surface area contributed by atoms with Crippen LogP contribution < -0.4 is 5.56 Å². The van der Waals surface area contributed by atoms with E-state index in [1.54, 1.807) is 0 Å². The van der Waals surface area contributed by atoms with Crippen molar-refractivity contribution in [1.82, 2.24) is 13.7 Å². The highest BCUT2D eigenvalue weighted by molar-refractivity contribution is 6.27. The van der Waals surface area contributed by atoms with Gasteiger partial charge >= 0.3 is 0 Å². The molecular formula is C51H31N3O. The first kappa shape index (κ1) is 30.1. The Labute approximate surface area is 314 Å². The summed E-state index contributed by atoms with van der Waals surface area (Å²) in [5.41, 5.74) is 7.83. The minimum atomic E-state index is -0.0491. The molecule has 0 atom stereocenters. The molecule has 0 saturated carbocycles. The third-order valence-electron chi connectivity index (χ3n) is 11.6. The number of aromatic nitrogens is 3. The molecule has 0 aliphatic heterocycles. The quantitative estimate of drug-likeness (QED) is 0.169. The fraction of sp³-hybridized carbons (Fsp3) is 0. The molecule has 55 heavy (non-hydrogen) atoms. The van der Waals surface area contributed by atoms with Gasteiger partial charge in [0.05, 0.1) is 33.0 Å². The molecule has 0 unspecified atom stereocenters. The van der Waals surface area contributed by atoms with Crippen molar-refractivity contribution in [3.05, 3.63) is 198 Å². The summed E-state index contributed by atoms with van der Waals surface area (Å²) in [6.07, 6.45) is 0. The van der Waals surface area contributed by atoms with Crippen LogP contribution in [0.15, 0.2) is 193 Å². The largest absolute Gasteiger partial charge is 0.308 e. The molecule has 0 amide bonds. The van der Waals surface area contributed by atoms with Gasteiger partial charge in [-0.15, -0.1) is 0 Å². The molecule has 3 heterocycles. The fourth-order valence-electron chi connectivity index (χ4n) is 9.19. The maximum Gasteiger partial charge on any atom is 0.265 e. The van der Waals surface area contributed by atoms with Crippen LogP contribution in [0.2, 0.25) is 0 Å². The van der Waals surface area contributed by atoms with Gasteiger partial charge in [-0.3, -0.25) is 9.36 Å². The summed E-state index contributed by atoms with van der Waals surface area (Å²) in [5, 5.41) is 11.8. The molecule has 3 aromatic heterocycles. The van der Waals surface area contributed by atoms with E-state index in [4.69, 9.17) is 0 Å². The van der Waals surface area contributed by atoms with Crippen molar-refractivity contribution in [2.45, 2.75) is 0 Å². The molecule has 12 rings (SSSR count). The van der Waals surface area contributed by atoms with Crippen LogP contribution in [0.3, 0.4) is 0 Å². The summed E-state index contributed by atoms with van der Waals surface area (Å²) in [6, 6.07) is 66.3. The first-order valence-electron chi connectivity index (χ1n) is 18.7. The third kappa shape index (κ3) is 4.19. The lowest BCUT2D eigenvalue weighted by Gasteiger charge is -2.18. The molecule has 12 aromatic rings. The first-order valence-corrected chi connectivity index (χ1v) is 18.7. The summed E-state index contributed by atoms with van der Waals surface area (Å²) >= 11 is 0. The Morgan fingerprint density at radius 1 is 0.291 bits per heavy atom. The molecule has 0 aliphatic carbocycles. The molecule has 0 aliphatic rings. The van der Waals surface area contributed by atoms with Crippen molar-refractivity contribution in [3.63, 3.8) is 0 Å². The first-order chi connectivity index (χ1) is 27.2. The van der Waals surface area contributed by atoms with Gasteiger partial charge in [0.1, 0.15) is 0 Å². The van der Waals surface area contributed by atoms with E-state index in [1.165, 1.54) is 16.2 Å². The van der Waals surface area contributed by atoms with Gasteiger partial charge in [0.25, 0.3) is 5.56 Å². The number of para-hydroxylation sites is 3. The van der Waals surface area contributed by atoms with E-state index in [2.05, 4.69) is 167 Å². The Morgan fingerprint density at radius 3 is 1.33 bits per heavy atom. The van der Waals surface area contributed by atoms with Gasteiger partial charge in [-0.1, -0.05) is 140 Å². The summed E-state index contributed by atoms with van der Waals surface area (Å²) in [4.78, 5) is 15.9. The Balaban J connectivity index is 1.31. The van der Waals surface area contributed by atoms with Crippen LogP contribution in [-0.2, 0) is 0 Å². The van der Waals surface area contributed by atoms with Crippen LogP contribution in [-0.4, -0.2) is 13.7 Å². The van der Waals surface area contributed by atoms with Gasteiger partial charge in [0.2, 0.25) is 0 Å². The summed E-state index contributed by atoms with van der Waals surface area (Å²) in [7, 11) is 0. The molecule has 0 saturated heterocycles. The van der Waals surface area contributed by atoms with Gasteiger partial charge in [-0.05, 0) is 75.5 Å². The van der Waals surface area contributed by atoms with Crippen LogP contribution in [0, 0.1) is 0 Å². The third-order valence-corrected chi connectivity index (χ3v) is 11.6. The monoisotopic (exact) mass is 701 g/mol. The number of pyridine rings is 1. The Morgan fingerprint density at radius 2 is 0.727 bits per heavy atom. The van der Waals surface area contributed by atoms with Gasteiger partial charge < -0.3 is 9.13 Å². The number of fused-ring (bicyclic) bond motifs is 13. The molecule has 0 N–H and O–H groups in total. The minimum Gasteiger partial charge on any atom is -0.308 e. The van der Waals surface area contributed by atoms with Crippen molar-refractivity contribution in [2.75, 3.05) is 0 Å². The number of hydrogen-bond acceptors (Lipinski definition) is 1. The average molecular weight is 702 g/mol. The van der Waals surface area contributed by atoms with E-state index in [0.717, 1.165) is 82.3 Å². The molecule has 0 spiro atoms. The van der Waals surface area contributed by atoms with E-state index >= 15 is 4.79 Å². The summed E-state index contributed by atoms with van der Waals surface area (Å²) < 4.78 is 6.62. The number of nitrogens with zero attached hydrogens (tertiary/aromatic N) is 3. The molecule has 0 bridgehead atoms. The molecule has 256 valence electrons. The second-order valence-corrected chi connectivity index (χ2v) is 14.5. The fourth-order valence-corrected chi connectivity index (χ4v) is 9.19. The van der Waals surface area contributed by atoms with Crippen LogP contribution >= 0.6 is 0 Å². The Hall–Kier alpha value is -7.43. The molecule has 9 aromatic carbocycles. The SMILES string of the molecule is O=c1c2c(ccc3c4ccccc4n(-c4ccc5ccccc5c4)c32)c2ccc3c4ccccc4n(-c4ccc5ccccc5c4)c3c2n1-c1ccccc1. The summed E-state index contributed by atoms with van der Waals surface area (Å²) in [6.45, 7) is 0. The van der Waals surface area contributed by atoms with Crippen molar-refractivity contribution in [2.24, 2.45) is 0 Å². The molecule has 4 heteroatoms. The molecule has 0 radical (unpaired) electrons. The topological polar surface area (TPSA) is 31.9 Å². The average Bonchev–Trinajstić information content (AvgIpc) is 3.77. The maximum absolute atomic E-state index is 15.9. The minimum absolute atomic E-state index is 0.0491. The van der Waals surface area contributed by atoms with Crippen molar-refractivity contribution in [1.29, 1.82) is 0 Å². The van der Waals surface area contributed by atoms with Gasteiger partial charge in [0.15, 0.2) is 0 Å². The number of rotatable bonds is 3. The highest BCUT2D eigenvalue weighted by Crippen LogP contribution is 2.42. The number of benzene rings is 9. The predicted molar refractivity (Wildman–Crippen MR) is 231 cm³/mol. The lowest BCUT2D eigenvalue weighted by molar-refractivity contribution is 1.06. The van der Waals surface area contributed by atoms with E-state index < -0.39 is 0 Å². The van der Waals surface area contributed by atoms with Crippen molar-refractivity contribution >= 4 is 86.8 Å². The van der Waals surface area contributed by atoms with Gasteiger partial charge in [-0.25, -0.2) is 0 Å². The van der Waals surface area contributed by atoms with Crippen LogP contribution in [0.4, 0.5) is 0 Å². The molecule has 4 nitrogen and oxygen atoms in total. The van der Waals surface area contributed by atoms with E-state index in [9.17, 15) is 0 Å². The molecule has 0 fully saturated rings.